The Morgan fingerprint density at radius 3 is 2.38 bits per heavy atom. The Hall–Kier alpha value is -0.710. The standard InChI is InChI=1S/C8H15NO3S/c1-8(6(9)10,7(11)12)4-3-5-13-2/h3-5H2,1-2H3,(H2,9,10)(H,11,12). The Morgan fingerprint density at radius 1 is 1.54 bits per heavy atom. The number of amides is 1. The van der Waals surface area contributed by atoms with Crippen molar-refractivity contribution >= 4 is 23.6 Å². The summed E-state index contributed by atoms with van der Waals surface area (Å²) < 4.78 is 0. The minimum atomic E-state index is -1.41. The molecule has 0 spiro atoms. The summed E-state index contributed by atoms with van der Waals surface area (Å²) in [5.41, 5.74) is 3.62. The summed E-state index contributed by atoms with van der Waals surface area (Å²) in [6.45, 7) is 1.37. The molecule has 0 radical (unpaired) electrons. The molecule has 0 aliphatic carbocycles. The van der Waals surface area contributed by atoms with Gasteiger partial charge in [0.05, 0.1) is 0 Å². The molecule has 4 nitrogen and oxygen atoms in total. The SMILES string of the molecule is CSCCCC(C)(C(N)=O)C(=O)O. The van der Waals surface area contributed by atoms with Crippen molar-refractivity contribution in [3.8, 4) is 0 Å². The third kappa shape index (κ3) is 3.26. The molecule has 0 bridgehead atoms. The molecule has 13 heavy (non-hydrogen) atoms. The lowest BCUT2D eigenvalue weighted by molar-refractivity contribution is -0.153. The summed E-state index contributed by atoms with van der Waals surface area (Å²) in [7, 11) is 0. The molecule has 76 valence electrons. The van der Waals surface area contributed by atoms with Crippen molar-refractivity contribution in [2.24, 2.45) is 11.1 Å². The number of primary amides is 1. The van der Waals surface area contributed by atoms with Crippen LogP contribution in [0.3, 0.4) is 0 Å². The van der Waals surface area contributed by atoms with Crippen molar-refractivity contribution in [2.75, 3.05) is 12.0 Å². The molecule has 0 aromatic heterocycles. The number of aliphatic carboxylic acids is 1. The molecule has 0 aliphatic heterocycles. The van der Waals surface area contributed by atoms with E-state index in [-0.39, 0.29) is 0 Å². The minimum Gasteiger partial charge on any atom is -0.480 e. The molecular weight excluding hydrogens is 190 g/mol. The van der Waals surface area contributed by atoms with Crippen LogP contribution in [0.4, 0.5) is 0 Å². The van der Waals surface area contributed by atoms with Gasteiger partial charge in [-0.2, -0.15) is 11.8 Å². The number of thioether (sulfide) groups is 1. The molecule has 0 rings (SSSR count). The summed E-state index contributed by atoms with van der Waals surface area (Å²) in [5, 5.41) is 8.79. The number of carbonyl (C=O) groups is 2. The third-order valence-electron chi connectivity index (χ3n) is 2.04. The van der Waals surface area contributed by atoms with Crippen LogP contribution in [-0.2, 0) is 9.59 Å². The van der Waals surface area contributed by atoms with E-state index in [1.165, 1.54) is 6.92 Å². The zero-order valence-electron chi connectivity index (χ0n) is 7.87. The van der Waals surface area contributed by atoms with E-state index in [9.17, 15) is 9.59 Å². The Morgan fingerprint density at radius 2 is 2.08 bits per heavy atom. The molecule has 5 heteroatoms. The van der Waals surface area contributed by atoms with Gasteiger partial charge in [0, 0.05) is 0 Å². The van der Waals surface area contributed by atoms with E-state index in [0.29, 0.717) is 12.8 Å². The van der Waals surface area contributed by atoms with Gasteiger partial charge in [-0.05, 0) is 31.8 Å². The molecule has 0 aromatic carbocycles. The van der Waals surface area contributed by atoms with Gasteiger partial charge in [0.2, 0.25) is 5.91 Å². The topological polar surface area (TPSA) is 80.4 Å². The first kappa shape index (κ1) is 12.3. The quantitative estimate of drug-likeness (QED) is 0.494. The largest absolute Gasteiger partial charge is 0.480 e. The van der Waals surface area contributed by atoms with Crippen molar-refractivity contribution in [3.63, 3.8) is 0 Å². The molecule has 3 N–H and O–H groups in total. The first-order valence-corrected chi connectivity index (χ1v) is 5.36. The Balaban J connectivity index is 4.26. The van der Waals surface area contributed by atoms with Gasteiger partial charge in [-0.15, -0.1) is 0 Å². The second kappa shape index (κ2) is 5.11. The monoisotopic (exact) mass is 205 g/mol. The highest BCUT2D eigenvalue weighted by Gasteiger charge is 2.38. The first-order chi connectivity index (χ1) is 5.95. The van der Waals surface area contributed by atoms with Crippen molar-refractivity contribution in [3.05, 3.63) is 0 Å². The fourth-order valence-corrected chi connectivity index (χ4v) is 1.34. The van der Waals surface area contributed by atoms with E-state index in [1.54, 1.807) is 11.8 Å². The maximum atomic E-state index is 10.9. The number of hydrogen-bond acceptors (Lipinski definition) is 3. The molecule has 0 heterocycles. The lowest BCUT2D eigenvalue weighted by atomic mass is 9.85. The number of nitrogens with two attached hydrogens (primary N) is 1. The highest BCUT2D eigenvalue weighted by atomic mass is 32.2. The fourth-order valence-electron chi connectivity index (χ4n) is 0.906. The number of carboxylic acids is 1. The number of rotatable bonds is 6. The second-order valence-corrected chi connectivity index (χ2v) is 4.08. The third-order valence-corrected chi connectivity index (χ3v) is 2.74. The zero-order valence-corrected chi connectivity index (χ0v) is 8.69. The first-order valence-electron chi connectivity index (χ1n) is 3.97. The van der Waals surface area contributed by atoms with Gasteiger partial charge in [0.15, 0.2) is 0 Å². The van der Waals surface area contributed by atoms with Crippen molar-refractivity contribution < 1.29 is 14.7 Å². The number of carbonyl (C=O) groups excluding carboxylic acids is 1. The van der Waals surface area contributed by atoms with E-state index in [2.05, 4.69) is 0 Å². The van der Waals surface area contributed by atoms with Crippen LogP contribution >= 0.6 is 11.8 Å². The average molecular weight is 205 g/mol. The van der Waals surface area contributed by atoms with E-state index < -0.39 is 17.3 Å². The van der Waals surface area contributed by atoms with Crippen molar-refractivity contribution in [1.82, 2.24) is 0 Å². The summed E-state index contributed by atoms with van der Waals surface area (Å²) in [6.07, 6.45) is 2.92. The van der Waals surface area contributed by atoms with Crippen LogP contribution in [-0.4, -0.2) is 29.0 Å². The van der Waals surface area contributed by atoms with Gasteiger partial charge in [-0.25, -0.2) is 0 Å². The molecule has 1 unspecified atom stereocenters. The van der Waals surface area contributed by atoms with E-state index in [0.717, 1.165) is 5.75 Å². The van der Waals surface area contributed by atoms with Crippen LogP contribution in [0.25, 0.3) is 0 Å². The molecule has 0 saturated heterocycles. The molecule has 1 amide bonds. The smallest absolute Gasteiger partial charge is 0.318 e. The maximum absolute atomic E-state index is 10.9. The number of hydrogen-bond donors (Lipinski definition) is 2. The highest BCUT2D eigenvalue weighted by molar-refractivity contribution is 7.98. The predicted molar refractivity (Wildman–Crippen MR) is 52.6 cm³/mol. The second-order valence-electron chi connectivity index (χ2n) is 3.10. The van der Waals surface area contributed by atoms with Crippen LogP contribution < -0.4 is 5.73 Å². The van der Waals surface area contributed by atoms with Crippen LogP contribution in [0.5, 0.6) is 0 Å². The van der Waals surface area contributed by atoms with Crippen molar-refractivity contribution in [2.45, 2.75) is 19.8 Å². The normalized spacial score (nSPS) is 14.9. The van der Waals surface area contributed by atoms with Crippen LogP contribution in [0, 0.1) is 5.41 Å². The predicted octanol–water partition coefficient (Wildman–Crippen LogP) is 0.706. The van der Waals surface area contributed by atoms with Crippen LogP contribution in [0.15, 0.2) is 0 Å². The average Bonchev–Trinajstić information content (AvgIpc) is 2.03. The van der Waals surface area contributed by atoms with Gasteiger partial charge in [-0.1, -0.05) is 0 Å². The fraction of sp³-hybridized carbons (Fsp3) is 0.750. The molecule has 0 saturated carbocycles. The molecule has 1 atom stereocenters. The Bertz CT molecular complexity index is 192. The molecule has 0 fully saturated rings. The lowest BCUT2D eigenvalue weighted by Gasteiger charge is -2.20. The molecule has 0 aromatic rings. The van der Waals surface area contributed by atoms with Gasteiger partial charge < -0.3 is 10.8 Å². The molecular formula is C8H15NO3S. The van der Waals surface area contributed by atoms with Crippen LogP contribution in [0.1, 0.15) is 19.8 Å². The molecule has 0 aliphatic rings. The summed E-state index contributed by atoms with van der Waals surface area (Å²) in [5.74, 6) is -1.06. The van der Waals surface area contributed by atoms with Gasteiger partial charge >= 0.3 is 5.97 Å². The van der Waals surface area contributed by atoms with Gasteiger partial charge in [0.25, 0.3) is 0 Å². The summed E-state index contributed by atoms with van der Waals surface area (Å²) in [6, 6.07) is 0. The van der Waals surface area contributed by atoms with E-state index in [4.69, 9.17) is 10.8 Å². The van der Waals surface area contributed by atoms with Crippen molar-refractivity contribution in [1.29, 1.82) is 0 Å². The number of carboxylic acid groups (broad SMARTS) is 1. The van der Waals surface area contributed by atoms with E-state index in [1.807, 2.05) is 6.26 Å². The van der Waals surface area contributed by atoms with Crippen LogP contribution in [0.2, 0.25) is 0 Å². The Kier molecular flexibility index (Phi) is 4.83. The van der Waals surface area contributed by atoms with E-state index >= 15 is 0 Å². The zero-order chi connectivity index (χ0) is 10.5. The minimum absolute atomic E-state index is 0.304. The lowest BCUT2D eigenvalue weighted by Crippen LogP contribution is -2.41. The summed E-state index contributed by atoms with van der Waals surface area (Å²) in [4.78, 5) is 21.6. The Labute approximate surface area is 81.9 Å². The van der Waals surface area contributed by atoms with Gasteiger partial charge in [-0.3, -0.25) is 9.59 Å². The summed E-state index contributed by atoms with van der Waals surface area (Å²) >= 11 is 1.62. The highest BCUT2D eigenvalue weighted by Crippen LogP contribution is 2.23. The maximum Gasteiger partial charge on any atom is 0.318 e. The van der Waals surface area contributed by atoms with Gasteiger partial charge in [0.1, 0.15) is 5.41 Å².